The third-order valence-electron chi connectivity index (χ3n) is 6.39. The molecule has 0 unspecified atom stereocenters. The topological polar surface area (TPSA) is 84.7 Å². The van der Waals surface area contributed by atoms with E-state index in [4.69, 9.17) is 10.5 Å². The lowest BCUT2D eigenvalue weighted by molar-refractivity contribution is -0.138. The number of rotatable bonds is 6. The first kappa shape index (κ1) is 29.7. The average Bonchev–Trinajstić information content (AvgIpc) is 2.88. The molecule has 0 bridgehead atoms. The molecule has 1 heterocycles. The summed E-state index contributed by atoms with van der Waals surface area (Å²) in [4.78, 5) is 25.7. The molecule has 3 aromatic carbocycles. The number of hydrogen-bond donors (Lipinski definition) is 2. The molecule has 0 spiro atoms. The van der Waals surface area contributed by atoms with Crippen LogP contribution in [0.15, 0.2) is 60.7 Å². The predicted octanol–water partition coefficient (Wildman–Crippen LogP) is 6.25. The van der Waals surface area contributed by atoms with Gasteiger partial charge in [-0.25, -0.2) is 0 Å². The number of halogens is 3. The smallest absolute Gasteiger partial charge is 0.416 e. The van der Waals surface area contributed by atoms with Crippen molar-refractivity contribution in [2.24, 2.45) is 5.73 Å². The van der Waals surface area contributed by atoms with E-state index in [0.717, 1.165) is 36.7 Å². The molecule has 0 aromatic heterocycles. The number of amides is 2. The number of carbonyl (C=O) groups is 2. The Morgan fingerprint density at radius 2 is 1.77 bits per heavy atom. The largest absolute Gasteiger partial charge is 0.493 e. The summed E-state index contributed by atoms with van der Waals surface area (Å²) in [6.45, 7) is 6.98. The Hall–Kier alpha value is -3.85. The molecular weight excluding hydrogens is 507 g/mol. The van der Waals surface area contributed by atoms with Crippen LogP contribution in [0.25, 0.3) is 0 Å². The van der Waals surface area contributed by atoms with E-state index in [0.29, 0.717) is 11.3 Å². The minimum atomic E-state index is -4.56. The highest BCUT2D eigenvalue weighted by atomic mass is 19.4. The fourth-order valence-corrected chi connectivity index (χ4v) is 4.43. The van der Waals surface area contributed by atoms with Gasteiger partial charge in [0.2, 0.25) is 5.91 Å². The summed E-state index contributed by atoms with van der Waals surface area (Å²) in [5.74, 6) is -1.19. The molecule has 1 aliphatic rings. The van der Waals surface area contributed by atoms with Gasteiger partial charge in [0.15, 0.2) is 0 Å². The van der Waals surface area contributed by atoms with Gasteiger partial charge in [0.1, 0.15) is 5.75 Å². The maximum Gasteiger partial charge on any atom is 0.416 e. The van der Waals surface area contributed by atoms with Gasteiger partial charge in [0, 0.05) is 24.3 Å². The second kappa shape index (κ2) is 12.8. The maximum atomic E-state index is 13.7. The van der Waals surface area contributed by atoms with E-state index in [-0.39, 0.29) is 35.3 Å². The molecule has 2 amide bonds. The van der Waals surface area contributed by atoms with E-state index in [2.05, 4.69) is 10.2 Å². The molecule has 0 aliphatic carbocycles. The van der Waals surface area contributed by atoms with E-state index < -0.39 is 17.6 Å². The number of hydrogen-bond acceptors (Lipinski definition) is 4. The zero-order valence-corrected chi connectivity index (χ0v) is 22.6. The molecule has 0 radical (unpaired) electrons. The highest BCUT2D eigenvalue weighted by molar-refractivity contribution is 6.07. The van der Waals surface area contributed by atoms with Crippen molar-refractivity contribution in [3.05, 3.63) is 94.0 Å². The number of alkyl halides is 3. The fourth-order valence-electron chi connectivity index (χ4n) is 4.43. The van der Waals surface area contributed by atoms with Crippen molar-refractivity contribution in [1.29, 1.82) is 0 Å². The summed E-state index contributed by atoms with van der Waals surface area (Å²) in [6, 6.07) is 16.7. The molecule has 4 rings (SSSR count). The number of benzene rings is 3. The monoisotopic (exact) mass is 541 g/mol. The number of anilines is 1. The molecular formula is C30H34F3N3O3. The number of nitrogens with two attached hydrogens (primary N) is 1. The Morgan fingerprint density at radius 1 is 1.08 bits per heavy atom. The van der Waals surface area contributed by atoms with Crippen LogP contribution in [0.3, 0.4) is 0 Å². The number of nitrogens with zero attached hydrogens (tertiary/aromatic N) is 1. The highest BCUT2D eigenvalue weighted by Crippen LogP contribution is 2.39. The molecule has 0 saturated carbocycles. The van der Waals surface area contributed by atoms with Crippen LogP contribution in [0.4, 0.5) is 18.9 Å². The van der Waals surface area contributed by atoms with Crippen LogP contribution in [0.1, 0.15) is 69.7 Å². The molecule has 39 heavy (non-hydrogen) atoms. The second-order valence-electron chi connectivity index (χ2n) is 9.64. The van der Waals surface area contributed by atoms with Gasteiger partial charge < -0.3 is 20.7 Å². The van der Waals surface area contributed by atoms with E-state index in [1.165, 1.54) is 6.07 Å². The molecule has 6 nitrogen and oxygen atoms in total. The van der Waals surface area contributed by atoms with E-state index in [9.17, 15) is 22.8 Å². The van der Waals surface area contributed by atoms with Crippen molar-refractivity contribution in [2.75, 3.05) is 25.5 Å². The van der Waals surface area contributed by atoms with Crippen molar-refractivity contribution in [1.82, 2.24) is 4.90 Å². The summed E-state index contributed by atoms with van der Waals surface area (Å²) in [5.41, 5.74) is 7.49. The summed E-state index contributed by atoms with van der Waals surface area (Å²) >= 11 is 0. The first-order valence-electron chi connectivity index (χ1n) is 12.8. The summed E-state index contributed by atoms with van der Waals surface area (Å²) in [6.07, 6.45) is -3.80. The molecule has 3 aromatic rings. The Kier molecular flexibility index (Phi) is 9.75. The minimum Gasteiger partial charge on any atom is -0.493 e. The quantitative estimate of drug-likeness (QED) is 0.386. The van der Waals surface area contributed by atoms with Crippen molar-refractivity contribution in [3.8, 4) is 5.75 Å². The summed E-state index contributed by atoms with van der Waals surface area (Å²) in [7, 11) is 2.03. The minimum absolute atomic E-state index is 0.112. The molecule has 0 saturated heterocycles. The molecule has 208 valence electrons. The van der Waals surface area contributed by atoms with Crippen molar-refractivity contribution < 1.29 is 27.5 Å². The highest BCUT2D eigenvalue weighted by Gasteiger charge is 2.36. The van der Waals surface area contributed by atoms with E-state index >= 15 is 0 Å². The lowest BCUT2D eigenvalue weighted by Crippen LogP contribution is -2.27. The van der Waals surface area contributed by atoms with Gasteiger partial charge in [-0.05, 0) is 73.3 Å². The lowest BCUT2D eigenvalue weighted by atomic mass is 9.93. The fraction of sp³-hybridized carbons (Fsp3) is 0.333. The average molecular weight is 542 g/mol. The van der Waals surface area contributed by atoms with Crippen LogP contribution in [-0.2, 0) is 19.1 Å². The van der Waals surface area contributed by atoms with Gasteiger partial charge in [0.05, 0.1) is 17.7 Å². The van der Waals surface area contributed by atoms with Gasteiger partial charge in [-0.1, -0.05) is 44.2 Å². The van der Waals surface area contributed by atoms with Crippen LogP contribution in [0.5, 0.6) is 5.75 Å². The normalized spacial score (nSPS) is 13.2. The van der Waals surface area contributed by atoms with Gasteiger partial charge >= 0.3 is 6.18 Å². The van der Waals surface area contributed by atoms with Crippen LogP contribution >= 0.6 is 0 Å². The maximum absolute atomic E-state index is 13.7. The Bertz CT molecular complexity index is 1310. The molecule has 0 fully saturated rings. The SMILES string of the molecule is CCOc1cc(C(C)C)c(C(F)(F)F)cc1C(=O)Nc1cccc2c1CCN(C)C2.NC(=O)c1ccccc1. The van der Waals surface area contributed by atoms with Crippen molar-refractivity contribution in [2.45, 2.75) is 45.8 Å². The third kappa shape index (κ3) is 7.60. The third-order valence-corrected chi connectivity index (χ3v) is 6.39. The van der Waals surface area contributed by atoms with Gasteiger partial charge in [0.25, 0.3) is 5.91 Å². The number of fused-ring (bicyclic) bond motifs is 1. The van der Waals surface area contributed by atoms with Crippen LogP contribution < -0.4 is 15.8 Å². The van der Waals surface area contributed by atoms with E-state index in [1.807, 2.05) is 25.2 Å². The van der Waals surface area contributed by atoms with Crippen molar-refractivity contribution >= 4 is 17.5 Å². The Balaban J connectivity index is 0.000000395. The zero-order chi connectivity index (χ0) is 28.7. The van der Waals surface area contributed by atoms with E-state index in [1.54, 1.807) is 51.1 Å². The number of nitrogens with one attached hydrogen (secondary N) is 1. The number of primary amides is 1. The summed E-state index contributed by atoms with van der Waals surface area (Å²) < 4.78 is 46.6. The Labute approximate surface area is 227 Å². The predicted molar refractivity (Wildman–Crippen MR) is 146 cm³/mol. The first-order chi connectivity index (χ1) is 18.4. The lowest BCUT2D eigenvalue weighted by Gasteiger charge is -2.27. The van der Waals surface area contributed by atoms with Gasteiger partial charge in [-0.2, -0.15) is 13.2 Å². The molecule has 3 N–H and O–H groups in total. The first-order valence-corrected chi connectivity index (χ1v) is 12.8. The van der Waals surface area contributed by atoms with Crippen molar-refractivity contribution in [3.63, 3.8) is 0 Å². The number of ether oxygens (including phenoxy) is 1. The molecule has 9 heteroatoms. The number of likely N-dealkylation sites (N-methyl/N-ethyl adjacent to an activating group) is 1. The Morgan fingerprint density at radius 3 is 2.33 bits per heavy atom. The zero-order valence-electron chi connectivity index (χ0n) is 22.6. The number of carbonyl (C=O) groups excluding carboxylic acids is 2. The molecule has 0 atom stereocenters. The van der Waals surface area contributed by atoms with Crippen LogP contribution in [-0.4, -0.2) is 36.9 Å². The van der Waals surface area contributed by atoms with Gasteiger partial charge in [-0.3, -0.25) is 9.59 Å². The summed E-state index contributed by atoms with van der Waals surface area (Å²) in [5, 5.41) is 2.82. The standard InChI is InChI=1S/C23H27F3N2O2.C7H7NO/c1-5-30-21-12-17(14(2)3)19(23(24,25)26)11-18(21)22(29)27-20-8-6-7-15-13-28(4)10-9-16(15)20;8-7(9)6-4-2-1-3-5-6/h6-8,11-12,14H,5,9-10,13H2,1-4H3,(H,27,29);1-5H,(H2,8,9). The second-order valence-corrected chi connectivity index (χ2v) is 9.64. The molecule has 1 aliphatic heterocycles. The van der Waals surface area contributed by atoms with Crippen LogP contribution in [0, 0.1) is 0 Å². The van der Waals surface area contributed by atoms with Crippen LogP contribution in [0.2, 0.25) is 0 Å². The van der Waals surface area contributed by atoms with Gasteiger partial charge in [-0.15, -0.1) is 0 Å².